The first-order valence-electron chi connectivity index (χ1n) is 6.28. The molecule has 2 atom stereocenters. The van der Waals surface area contributed by atoms with Crippen molar-refractivity contribution < 1.29 is 0 Å². The maximum Gasteiger partial charge on any atom is 0.126 e. The monoisotopic (exact) mass is 239 g/mol. The van der Waals surface area contributed by atoms with E-state index in [1.807, 2.05) is 12.1 Å². The lowest BCUT2D eigenvalue weighted by atomic mass is 9.72. The Morgan fingerprint density at radius 3 is 2.83 bits per heavy atom. The van der Waals surface area contributed by atoms with Crippen molar-refractivity contribution in [3.8, 4) is 0 Å². The highest BCUT2D eigenvalue weighted by Crippen LogP contribution is 2.37. The average Bonchev–Trinajstić information content (AvgIpc) is 2.34. The molecule has 0 aliphatic heterocycles. The van der Waals surface area contributed by atoms with Crippen molar-refractivity contribution in [2.75, 3.05) is 5.73 Å². The molecular formula is C15H17N3. The Hall–Kier alpha value is -1.87. The molecule has 0 saturated carbocycles. The molecule has 3 heteroatoms. The number of anilines is 1. The van der Waals surface area contributed by atoms with Crippen LogP contribution in [0, 0.1) is 0 Å². The number of hydrogen-bond donors (Lipinski definition) is 2. The first-order valence-corrected chi connectivity index (χ1v) is 6.28. The number of aromatic nitrogens is 1. The minimum Gasteiger partial charge on any atom is -0.383 e. The molecule has 18 heavy (non-hydrogen) atoms. The number of nitrogens with two attached hydrogens (primary N) is 2. The summed E-state index contributed by atoms with van der Waals surface area (Å²) in [7, 11) is 0. The minimum atomic E-state index is 0.117. The number of benzene rings is 1. The molecule has 0 saturated heterocycles. The van der Waals surface area contributed by atoms with Gasteiger partial charge >= 0.3 is 0 Å². The first kappa shape index (κ1) is 11.2. The van der Waals surface area contributed by atoms with Crippen LogP contribution in [0.2, 0.25) is 0 Å². The standard InChI is InChI=1S/C15H17N3/c16-14(9-11-5-3-7-18-15(11)17)13-8-10-4-1-2-6-12(10)13/h1-7,13-14H,8-9,16H2,(H2,17,18). The van der Waals surface area contributed by atoms with Crippen LogP contribution in [0.1, 0.15) is 22.6 Å². The molecule has 0 radical (unpaired) electrons. The molecule has 0 bridgehead atoms. The molecule has 1 aromatic heterocycles. The second-order valence-electron chi connectivity index (χ2n) is 4.93. The Kier molecular flexibility index (Phi) is 2.76. The molecule has 1 aromatic carbocycles. The summed E-state index contributed by atoms with van der Waals surface area (Å²) in [5.41, 5.74) is 16.0. The van der Waals surface area contributed by atoms with E-state index >= 15 is 0 Å². The second-order valence-corrected chi connectivity index (χ2v) is 4.93. The third-order valence-corrected chi connectivity index (χ3v) is 3.79. The van der Waals surface area contributed by atoms with Crippen molar-refractivity contribution in [3.05, 3.63) is 59.3 Å². The van der Waals surface area contributed by atoms with Crippen LogP contribution < -0.4 is 11.5 Å². The summed E-state index contributed by atoms with van der Waals surface area (Å²) in [6, 6.07) is 12.6. The Labute approximate surface area is 107 Å². The van der Waals surface area contributed by atoms with E-state index in [1.54, 1.807) is 6.20 Å². The molecule has 4 N–H and O–H groups in total. The SMILES string of the molecule is Nc1ncccc1CC(N)C1Cc2ccccc21. The van der Waals surface area contributed by atoms with Crippen LogP contribution in [0.3, 0.4) is 0 Å². The molecule has 92 valence electrons. The van der Waals surface area contributed by atoms with E-state index in [0.29, 0.717) is 11.7 Å². The van der Waals surface area contributed by atoms with Crippen molar-refractivity contribution in [2.45, 2.75) is 24.8 Å². The third-order valence-electron chi connectivity index (χ3n) is 3.79. The van der Waals surface area contributed by atoms with E-state index in [-0.39, 0.29) is 6.04 Å². The van der Waals surface area contributed by atoms with Gasteiger partial charge in [-0.15, -0.1) is 0 Å². The molecule has 2 aromatic rings. The lowest BCUT2D eigenvalue weighted by Crippen LogP contribution is -2.37. The van der Waals surface area contributed by atoms with Gasteiger partial charge < -0.3 is 11.5 Å². The van der Waals surface area contributed by atoms with Crippen molar-refractivity contribution >= 4 is 5.82 Å². The van der Waals surface area contributed by atoms with Crippen molar-refractivity contribution in [2.24, 2.45) is 5.73 Å². The van der Waals surface area contributed by atoms with Gasteiger partial charge in [0.1, 0.15) is 5.82 Å². The van der Waals surface area contributed by atoms with Crippen LogP contribution in [0.25, 0.3) is 0 Å². The average molecular weight is 239 g/mol. The minimum absolute atomic E-state index is 0.117. The normalized spacial score (nSPS) is 18.8. The van der Waals surface area contributed by atoms with Crippen LogP contribution in [-0.4, -0.2) is 11.0 Å². The van der Waals surface area contributed by atoms with Gasteiger partial charge in [0.05, 0.1) is 0 Å². The Balaban J connectivity index is 1.75. The summed E-state index contributed by atoms with van der Waals surface area (Å²) < 4.78 is 0. The maximum atomic E-state index is 6.31. The van der Waals surface area contributed by atoms with E-state index in [9.17, 15) is 0 Å². The fraction of sp³-hybridized carbons (Fsp3) is 0.267. The summed E-state index contributed by atoms with van der Waals surface area (Å²) in [5, 5.41) is 0. The Morgan fingerprint density at radius 1 is 1.22 bits per heavy atom. The van der Waals surface area contributed by atoms with Gasteiger partial charge in [-0.3, -0.25) is 0 Å². The van der Waals surface area contributed by atoms with E-state index in [4.69, 9.17) is 11.5 Å². The van der Waals surface area contributed by atoms with Gasteiger partial charge in [-0.05, 0) is 35.6 Å². The zero-order valence-corrected chi connectivity index (χ0v) is 10.2. The molecule has 0 spiro atoms. The van der Waals surface area contributed by atoms with Crippen molar-refractivity contribution in [3.63, 3.8) is 0 Å². The van der Waals surface area contributed by atoms with E-state index in [1.165, 1.54) is 11.1 Å². The summed E-state index contributed by atoms with van der Waals surface area (Å²) >= 11 is 0. The fourth-order valence-electron chi connectivity index (χ4n) is 2.70. The summed E-state index contributed by atoms with van der Waals surface area (Å²) in [4.78, 5) is 4.10. The summed E-state index contributed by atoms with van der Waals surface area (Å²) in [6.45, 7) is 0. The topological polar surface area (TPSA) is 64.9 Å². The summed E-state index contributed by atoms with van der Waals surface area (Å²) in [6.07, 6.45) is 3.58. The van der Waals surface area contributed by atoms with Gasteiger partial charge in [-0.2, -0.15) is 0 Å². The van der Waals surface area contributed by atoms with Crippen LogP contribution in [0.15, 0.2) is 42.6 Å². The molecule has 0 amide bonds. The second kappa shape index (κ2) is 4.42. The predicted octanol–water partition coefficient (Wildman–Crippen LogP) is 1.87. The molecular weight excluding hydrogens is 222 g/mol. The van der Waals surface area contributed by atoms with Crippen LogP contribution in [0.5, 0.6) is 0 Å². The zero-order valence-electron chi connectivity index (χ0n) is 10.2. The molecule has 1 heterocycles. The van der Waals surface area contributed by atoms with E-state index in [2.05, 4.69) is 29.2 Å². The smallest absolute Gasteiger partial charge is 0.126 e. The number of pyridine rings is 1. The number of nitrogens with zero attached hydrogens (tertiary/aromatic N) is 1. The number of fused-ring (bicyclic) bond motifs is 1. The predicted molar refractivity (Wildman–Crippen MR) is 73.2 cm³/mol. The number of rotatable bonds is 3. The van der Waals surface area contributed by atoms with Gasteiger partial charge in [0.2, 0.25) is 0 Å². The number of nitrogen functional groups attached to an aromatic ring is 1. The van der Waals surface area contributed by atoms with E-state index < -0.39 is 0 Å². The molecule has 3 rings (SSSR count). The summed E-state index contributed by atoms with van der Waals surface area (Å²) in [5.74, 6) is 1.06. The quantitative estimate of drug-likeness (QED) is 0.859. The molecule has 1 aliphatic carbocycles. The van der Waals surface area contributed by atoms with Crippen molar-refractivity contribution in [1.82, 2.24) is 4.98 Å². The molecule has 2 unspecified atom stereocenters. The molecule has 0 fully saturated rings. The van der Waals surface area contributed by atoms with E-state index in [0.717, 1.165) is 18.4 Å². The molecule has 1 aliphatic rings. The number of hydrogen-bond acceptors (Lipinski definition) is 3. The van der Waals surface area contributed by atoms with Gasteiger partial charge in [-0.25, -0.2) is 4.98 Å². The van der Waals surface area contributed by atoms with Crippen LogP contribution in [-0.2, 0) is 12.8 Å². The van der Waals surface area contributed by atoms with Crippen LogP contribution in [0.4, 0.5) is 5.82 Å². The fourth-order valence-corrected chi connectivity index (χ4v) is 2.70. The first-order chi connectivity index (χ1) is 8.75. The third kappa shape index (κ3) is 1.87. The highest BCUT2D eigenvalue weighted by molar-refractivity contribution is 5.43. The Bertz CT molecular complexity index is 565. The lowest BCUT2D eigenvalue weighted by molar-refractivity contribution is 0.480. The molecule has 3 nitrogen and oxygen atoms in total. The van der Waals surface area contributed by atoms with Gasteiger partial charge in [-0.1, -0.05) is 30.3 Å². The van der Waals surface area contributed by atoms with Crippen molar-refractivity contribution in [1.29, 1.82) is 0 Å². The van der Waals surface area contributed by atoms with Gasteiger partial charge in [0.15, 0.2) is 0 Å². The Morgan fingerprint density at radius 2 is 2.06 bits per heavy atom. The maximum absolute atomic E-state index is 6.31. The zero-order chi connectivity index (χ0) is 12.5. The highest BCUT2D eigenvalue weighted by Gasteiger charge is 2.30. The van der Waals surface area contributed by atoms with Crippen LogP contribution >= 0.6 is 0 Å². The highest BCUT2D eigenvalue weighted by atomic mass is 14.8. The lowest BCUT2D eigenvalue weighted by Gasteiger charge is -2.34. The van der Waals surface area contributed by atoms with Gasteiger partial charge in [0.25, 0.3) is 0 Å². The largest absolute Gasteiger partial charge is 0.383 e. The van der Waals surface area contributed by atoms with Gasteiger partial charge in [0, 0.05) is 18.2 Å².